The molecule has 0 aromatic heterocycles. The Labute approximate surface area is 55.3 Å². The van der Waals surface area contributed by atoms with E-state index in [9.17, 15) is 0 Å². The third kappa shape index (κ3) is 0.320. The maximum Gasteiger partial charge on any atom is 0.00116 e. The van der Waals surface area contributed by atoms with Crippen LogP contribution in [0.5, 0.6) is 0 Å². The van der Waals surface area contributed by atoms with Gasteiger partial charge in [-0.05, 0) is 18.3 Å². The summed E-state index contributed by atoms with van der Waals surface area (Å²) in [6.45, 7) is 4.10. The minimum Gasteiger partial charge on any atom is -0.0986 e. The van der Waals surface area contributed by atoms with Crippen LogP contribution in [0.4, 0.5) is 0 Å². The van der Waals surface area contributed by atoms with E-state index in [4.69, 9.17) is 0 Å². The standard InChI is InChI=1S/C9H10/c1-5-6-2-3-7(5)9-4-8(6)9/h2-3,6-9H,1,4H2. The maximum absolute atomic E-state index is 4.10. The van der Waals surface area contributed by atoms with Gasteiger partial charge in [0.05, 0.1) is 0 Å². The van der Waals surface area contributed by atoms with Gasteiger partial charge in [-0.25, -0.2) is 0 Å². The van der Waals surface area contributed by atoms with Gasteiger partial charge in [-0.15, -0.1) is 0 Å². The quantitative estimate of drug-likeness (QED) is 0.427. The van der Waals surface area contributed by atoms with Gasteiger partial charge in [0.15, 0.2) is 0 Å². The van der Waals surface area contributed by atoms with E-state index < -0.39 is 0 Å². The molecule has 4 unspecified atom stereocenters. The van der Waals surface area contributed by atoms with Gasteiger partial charge in [-0.3, -0.25) is 0 Å². The third-order valence-corrected chi connectivity index (χ3v) is 3.20. The fraction of sp³-hybridized carbons (Fsp3) is 0.556. The molecule has 0 heterocycles. The molecule has 3 aliphatic carbocycles. The highest BCUT2D eigenvalue weighted by Gasteiger charge is 2.56. The lowest BCUT2D eigenvalue weighted by Gasteiger charge is -2.04. The largest absolute Gasteiger partial charge is 0.0986 e. The topological polar surface area (TPSA) is 0 Å². The lowest BCUT2D eigenvalue weighted by molar-refractivity contribution is 0.665. The van der Waals surface area contributed by atoms with Gasteiger partial charge in [-0.2, -0.15) is 0 Å². The zero-order chi connectivity index (χ0) is 6.01. The van der Waals surface area contributed by atoms with Crippen LogP contribution in [0, 0.1) is 23.7 Å². The van der Waals surface area contributed by atoms with E-state index in [1.54, 1.807) is 0 Å². The summed E-state index contributed by atoms with van der Waals surface area (Å²) in [7, 11) is 0. The molecule has 0 radical (unpaired) electrons. The van der Waals surface area contributed by atoms with Crippen molar-refractivity contribution in [2.45, 2.75) is 6.42 Å². The van der Waals surface area contributed by atoms with Crippen molar-refractivity contribution >= 4 is 0 Å². The third-order valence-electron chi connectivity index (χ3n) is 3.20. The first-order valence-corrected chi connectivity index (χ1v) is 3.75. The molecule has 0 heteroatoms. The van der Waals surface area contributed by atoms with Gasteiger partial charge in [0, 0.05) is 11.8 Å². The smallest absolute Gasteiger partial charge is 0.00116 e. The van der Waals surface area contributed by atoms with E-state index in [2.05, 4.69) is 18.7 Å². The zero-order valence-corrected chi connectivity index (χ0v) is 5.38. The molecule has 2 bridgehead atoms. The van der Waals surface area contributed by atoms with Crippen molar-refractivity contribution in [1.29, 1.82) is 0 Å². The van der Waals surface area contributed by atoms with Crippen molar-refractivity contribution in [1.82, 2.24) is 0 Å². The summed E-state index contributed by atoms with van der Waals surface area (Å²) in [6.07, 6.45) is 6.21. The second-order valence-electron chi connectivity index (χ2n) is 3.57. The van der Waals surface area contributed by atoms with Crippen LogP contribution in [0.15, 0.2) is 24.3 Å². The molecule has 0 aromatic rings. The molecule has 9 heavy (non-hydrogen) atoms. The minimum absolute atomic E-state index is 0.806. The molecule has 0 saturated heterocycles. The molecular weight excluding hydrogens is 108 g/mol. The Morgan fingerprint density at radius 3 is 2.11 bits per heavy atom. The predicted molar refractivity (Wildman–Crippen MR) is 36.9 cm³/mol. The molecule has 46 valence electrons. The Kier molecular flexibility index (Phi) is 0.493. The molecule has 0 aromatic carbocycles. The fourth-order valence-electron chi connectivity index (χ4n) is 2.61. The van der Waals surface area contributed by atoms with E-state index in [0.717, 1.165) is 23.7 Å². The molecule has 4 atom stereocenters. The van der Waals surface area contributed by atoms with Crippen molar-refractivity contribution in [2.24, 2.45) is 23.7 Å². The van der Waals surface area contributed by atoms with Crippen molar-refractivity contribution in [3.8, 4) is 0 Å². The molecule has 0 aliphatic heterocycles. The summed E-state index contributed by atoms with van der Waals surface area (Å²) < 4.78 is 0. The monoisotopic (exact) mass is 118 g/mol. The van der Waals surface area contributed by atoms with Gasteiger partial charge in [0.25, 0.3) is 0 Å². The van der Waals surface area contributed by atoms with Crippen molar-refractivity contribution in [3.63, 3.8) is 0 Å². The van der Waals surface area contributed by atoms with Gasteiger partial charge in [0.2, 0.25) is 0 Å². The van der Waals surface area contributed by atoms with Crippen LogP contribution in [0.3, 0.4) is 0 Å². The molecule has 2 saturated carbocycles. The van der Waals surface area contributed by atoms with Gasteiger partial charge in [-0.1, -0.05) is 24.3 Å². The van der Waals surface area contributed by atoms with E-state index in [-0.39, 0.29) is 0 Å². The molecule has 3 aliphatic rings. The van der Waals surface area contributed by atoms with Crippen LogP contribution in [-0.2, 0) is 0 Å². The second kappa shape index (κ2) is 1.03. The minimum atomic E-state index is 0.806. The van der Waals surface area contributed by atoms with E-state index in [0.29, 0.717) is 0 Å². The number of fused-ring (bicyclic) bond motifs is 5. The van der Waals surface area contributed by atoms with Crippen LogP contribution < -0.4 is 0 Å². The van der Waals surface area contributed by atoms with E-state index in [1.807, 2.05) is 0 Å². The first-order chi connectivity index (χ1) is 4.38. The number of hydrogen-bond donors (Lipinski definition) is 0. The van der Waals surface area contributed by atoms with Gasteiger partial charge < -0.3 is 0 Å². The Morgan fingerprint density at radius 1 is 1.22 bits per heavy atom. The Hall–Kier alpha value is -0.520. The van der Waals surface area contributed by atoms with Crippen molar-refractivity contribution < 1.29 is 0 Å². The fourth-order valence-corrected chi connectivity index (χ4v) is 2.61. The first-order valence-electron chi connectivity index (χ1n) is 3.75. The zero-order valence-electron chi connectivity index (χ0n) is 5.38. The first kappa shape index (κ1) is 4.32. The number of hydrogen-bond acceptors (Lipinski definition) is 0. The lowest BCUT2D eigenvalue weighted by atomic mass is 10.0. The van der Waals surface area contributed by atoms with E-state index in [1.165, 1.54) is 12.0 Å². The number of rotatable bonds is 0. The molecule has 0 spiro atoms. The highest BCUT2D eigenvalue weighted by molar-refractivity contribution is 5.37. The van der Waals surface area contributed by atoms with Gasteiger partial charge in [0.1, 0.15) is 0 Å². The predicted octanol–water partition coefficient (Wildman–Crippen LogP) is 1.99. The highest BCUT2D eigenvalue weighted by Crippen LogP contribution is 2.64. The summed E-state index contributed by atoms with van der Waals surface area (Å²) >= 11 is 0. The van der Waals surface area contributed by atoms with Gasteiger partial charge >= 0.3 is 0 Å². The summed E-state index contributed by atoms with van der Waals surface area (Å²) in [5.74, 6) is 3.68. The summed E-state index contributed by atoms with van der Waals surface area (Å²) in [6, 6.07) is 0. The molecular formula is C9H10. The van der Waals surface area contributed by atoms with Crippen molar-refractivity contribution in [3.05, 3.63) is 24.3 Å². The summed E-state index contributed by atoms with van der Waals surface area (Å²) in [5, 5.41) is 0. The van der Waals surface area contributed by atoms with Crippen LogP contribution in [0.2, 0.25) is 0 Å². The molecule has 2 fully saturated rings. The Bertz CT molecular complexity index is 192. The summed E-state index contributed by atoms with van der Waals surface area (Å²) in [4.78, 5) is 0. The SMILES string of the molecule is C=C1C2C=CC1C1CC21. The molecule has 0 nitrogen and oxygen atoms in total. The molecule has 0 amide bonds. The van der Waals surface area contributed by atoms with Crippen LogP contribution in [0.25, 0.3) is 0 Å². The Balaban J connectivity index is 2.17. The highest BCUT2D eigenvalue weighted by atomic mass is 14.6. The average molecular weight is 118 g/mol. The van der Waals surface area contributed by atoms with Crippen molar-refractivity contribution in [2.75, 3.05) is 0 Å². The lowest BCUT2D eigenvalue weighted by Crippen LogP contribution is -1.94. The van der Waals surface area contributed by atoms with E-state index >= 15 is 0 Å². The normalized spacial score (nSPS) is 58.4. The second-order valence-corrected chi connectivity index (χ2v) is 3.57. The van der Waals surface area contributed by atoms with Crippen LogP contribution >= 0.6 is 0 Å². The molecule has 3 rings (SSSR count). The van der Waals surface area contributed by atoms with Crippen LogP contribution in [0.1, 0.15) is 6.42 Å². The summed E-state index contributed by atoms with van der Waals surface area (Å²) in [5.41, 5.74) is 1.51. The number of allylic oxidation sites excluding steroid dienone is 3. The maximum atomic E-state index is 4.10. The average Bonchev–Trinajstić information content (AvgIpc) is 2.53. The Morgan fingerprint density at radius 2 is 1.78 bits per heavy atom. The van der Waals surface area contributed by atoms with Crippen LogP contribution in [-0.4, -0.2) is 0 Å². The molecule has 0 N–H and O–H groups in total.